The number of rotatable bonds is 7. The van der Waals surface area contributed by atoms with Crippen LogP contribution in [0.25, 0.3) is 0 Å². The van der Waals surface area contributed by atoms with E-state index >= 15 is 0 Å². The van der Waals surface area contributed by atoms with Crippen LogP contribution in [-0.4, -0.2) is 65.2 Å². The SMILES string of the molecule is Cn1cc(Cn2cc(N)cc2C(N)=O)cc1C(=O)NCCN1CCOCC1. The molecule has 3 rings (SSSR count). The Kier molecular flexibility index (Phi) is 5.82. The molecule has 2 amide bonds. The molecule has 2 aromatic rings. The van der Waals surface area contributed by atoms with Crippen molar-refractivity contribution in [3.05, 3.63) is 41.5 Å². The summed E-state index contributed by atoms with van der Waals surface area (Å²) in [6, 6.07) is 3.36. The van der Waals surface area contributed by atoms with Crippen molar-refractivity contribution in [3.8, 4) is 0 Å². The summed E-state index contributed by atoms with van der Waals surface area (Å²) in [5.74, 6) is -0.664. The Morgan fingerprint density at radius 1 is 1.19 bits per heavy atom. The van der Waals surface area contributed by atoms with Crippen LogP contribution >= 0.6 is 0 Å². The summed E-state index contributed by atoms with van der Waals surface area (Å²) in [6.45, 7) is 5.07. The van der Waals surface area contributed by atoms with Crippen molar-refractivity contribution >= 4 is 17.5 Å². The first-order valence-electron chi connectivity index (χ1n) is 8.93. The first-order chi connectivity index (χ1) is 12.9. The third kappa shape index (κ3) is 4.69. The van der Waals surface area contributed by atoms with E-state index < -0.39 is 5.91 Å². The van der Waals surface area contributed by atoms with Crippen molar-refractivity contribution in [2.75, 3.05) is 45.1 Å². The van der Waals surface area contributed by atoms with E-state index in [1.165, 1.54) is 0 Å². The number of nitrogens with zero attached hydrogens (tertiary/aromatic N) is 3. The maximum Gasteiger partial charge on any atom is 0.267 e. The van der Waals surface area contributed by atoms with Crippen LogP contribution < -0.4 is 16.8 Å². The molecule has 1 aliphatic rings. The smallest absolute Gasteiger partial charge is 0.267 e. The fourth-order valence-corrected chi connectivity index (χ4v) is 3.26. The number of aromatic nitrogens is 2. The number of anilines is 1. The van der Waals surface area contributed by atoms with Crippen molar-refractivity contribution in [3.63, 3.8) is 0 Å². The Labute approximate surface area is 157 Å². The summed E-state index contributed by atoms with van der Waals surface area (Å²) in [6.07, 6.45) is 3.52. The highest BCUT2D eigenvalue weighted by Gasteiger charge is 2.15. The predicted octanol–water partition coefficient (Wildman–Crippen LogP) is -0.382. The molecule has 0 unspecified atom stereocenters. The van der Waals surface area contributed by atoms with Gasteiger partial charge in [0, 0.05) is 52.2 Å². The molecule has 1 fully saturated rings. The average Bonchev–Trinajstić information content (AvgIpc) is 3.18. The summed E-state index contributed by atoms with van der Waals surface area (Å²) < 4.78 is 8.78. The van der Waals surface area contributed by atoms with E-state index in [-0.39, 0.29) is 5.91 Å². The number of aryl methyl sites for hydroxylation is 1. The number of primary amides is 1. The molecule has 0 aliphatic carbocycles. The topological polar surface area (TPSA) is 121 Å². The van der Waals surface area contributed by atoms with Crippen LogP contribution in [0.3, 0.4) is 0 Å². The number of ether oxygens (including phenoxy) is 1. The second kappa shape index (κ2) is 8.28. The molecule has 27 heavy (non-hydrogen) atoms. The molecule has 0 atom stereocenters. The molecule has 1 saturated heterocycles. The number of hydrogen-bond donors (Lipinski definition) is 3. The Balaban J connectivity index is 1.60. The van der Waals surface area contributed by atoms with E-state index in [2.05, 4.69) is 10.2 Å². The maximum absolute atomic E-state index is 12.5. The van der Waals surface area contributed by atoms with Gasteiger partial charge in [0.1, 0.15) is 11.4 Å². The van der Waals surface area contributed by atoms with E-state index in [0.29, 0.717) is 30.2 Å². The second-order valence-corrected chi connectivity index (χ2v) is 6.71. The van der Waals surface area contributed by atoms with Gasteiger partial charge in [-0.05, 0) is 17.7 Å². The molecule has 5 N–H and O–H groups in total. The van der Waals surface area contributed by atoms with Crippen molar-refractivity contribution < 1.29 is 14.3 Å². The fourth-order valence-electron chi connectivity index (χ4n) is 3.26. The largest absolute Gasteiger partial charge is 0.397 e. The van der Waals surface area contributed by atoms with Crippen LogP contribution in [0.5, 0.6) is 0 Å². The van der Waals surface area contributed by atoms with Crippen molar-refractivity contribution in [1.82, 2.24) is 19.4 Å². The second-order valence-electron chi connectivity index (χ2n) is 6.71. The Morgan fingerprint density at radius 3 is 2.63 bits per heavy atom. The lowest BCUT2D eigenvalue weighted by Gasteiger charge is -2.26. The fraction of sp³-hybridized carbons (Fsp3) is 0.444. The monoisotopic (exact) mass is 374 g/mol. The van der Waals surface area contributed by atoms with Crippen LogP contribution in [0.2, 0.25) is 0 Å². The molecule has 146 valence electrons. The third-order valence-electron chi connectivity index (χ3n) is 4.63. The zero-order valence-corrected chi connectivity index (χ0v) is 15.5. The molecular formula is C18H26N6O3. The molecule has 0 radical (unpaired) electrons. The van der Waals surface area contributed by atoms with Gasteiger partial charge in [-0.25, -0.2) is 0 Å². The standard InChI is InChI=1S/C18H26N6O3/c1-22-10-13(11-24-12-14(19)9-15(24)17(20)25)8-16(22)18(26)21-2-3-23-4-6-27-7-5-23/h8-10,12H,2-7,11,19H2,1H3,(H2,20,25)(H,21,26). The van der Waals surface area contributed by atoms with E-state index in [9.17, 15) is 9.59 Å². The van der Waals surface area contributed by atoms with Crippen molar-refractivity contribution in [2.45, 2.75) is 6.54 Å². The highest BCUT2D eigenvalue weighted by molar-refractivity contribution is 5.93. The minimum Gasteiger partial charge on any atom is -0.397 e. The molecule has 0 aromatic carbocycles. The summed E-state index contributed by atoms with van der Waals surface area (Å²) in [5.41, 5.74) is 13.4. The van der Waals surface area contributed by atoms with Crippen molar-refractivity contribution in [2.24, 2.45) is 12.8 Å². The normalized spacial score (nSPS) is 15.0. The molecule has 1 aliphatic heterocycles. The number of nitrogens with two attached hydrogens (primary N) is 2. The Morgan fingerprint density at radius 2 is 1.93 bits per heavy atom. The molecule has 2 aromatic heterocycles. The van der Waals surface area contributed by atoms with Crippen LogP contribution in [0.15, 0.2) is 24.5 Å². The first kappa shape index (κ1) is 19.0. The highest BCUT2D eigenvalue weighted by Crippen LogP contribution is 2.15. The number of hydrogen-bond acceptors (Lipinski definition) is 5. The van der Waals surface area contributed by atoms with E-state index in [0.717, 1.165) is 38.4 Å². The van der Waals surface area contributed by atoms with E-state index in [4.69, 9.17) is 16.2 Å². The third-order valence-corrected chi connectivity index (χ3v) is 4.63. The summed E-state index contributed by atoms with van der Waals surface area (Å²) in [4.78, 5) is 26.3. The number of morpholine rings is 1. The maximum atomic E-state index is 12.5. The number of nitrogens with one attached hydrogen (secondary N) is 1. The lowest BCUT2D eigenvalue weighted by molar-refractivity contribution is 0.0383. The average molecular weight is 374 g/mol. The van der Waals surface area contributed by atoms with Crippen LogP contribution in [-0.2, 0) is 18.3 Å². The molecule has 9 nitrogen and oxygen atoms in total. The van der Waals surface area contributed by atoms with Gasteiger partial charge in [0.15, 0.2) is 0 Å². The number of carbonyl (C=O) groups is 2. The Hall–Kier alpha value is -2.78. The van der Waals surface area contributed by atoms with Gasteiger partial charge < -0.3 is 30.7 Å². The number of nitrogen functional groups attached to an aromatic ring is 1. The van der Waals surface area contributed by atoms with Gasteiger partial charge in [-0.3, -0.25) is 14.5 Å². The predicted molar refractivity (Wildman–Crippen MR) is 101 cm³/mol. The zero-order valence-electron chi connectivity index (χ0n) is 15.5. The van der Waals surface area contributed by atoms with Gasteiger partial charge in [-0.2, -0.15) is 0 Å². The molecule has 0 spiro atoms. The molecule has 9 heteroatoms. The van der Waals surface area contributed by atoms with Gasteiger partial charge in [0.2, 0.25) is 0 Å². The molecular weight excluding hydrogens is 348 g/mol. The first-order valence-corrected chi connectivity index (χ1v) is 8.93. The van der Waals surface area contributed by atoms with Crippen LogP contribution in [0, 0.1) is 0 Å². The lowest BCUT2D eigenvalue weighted by atomic mass is 10.3. The minimum absolute atomic E-state index is 0.126. The van der Waals surface area contributed by atoms with Gasteiger partial charge in [0.25, 0.3) is 11.8 Å². The number of carbonyl (C=O) groups excluding carboxylic acids is 2. The Bertz CT molecular complexity index is 819. The highest BCUT2D eigenvalue weighted by atomic mass is 16.5. The summed E-state index contributed by atoms with van der Waals surface area (Å²) in [5, 5.41) is 2.95. The van der Waals surface area contributed by atoms with Gasteiger partial charge in [0.05, 0.1) is 18.9 Å². The van der Waals surface area contributed by atoms with Gasteiger partial charge in [-0.15, -0.1) is 0 Å². The molecule has 0 bridgehead atoms. The van der Waals surface area contributed by atoms with Gasteiger partial charge >= 0.3 is 0 Å². The summed E-state index contributed by atoms with van der Waals surface area (Å²) >= 11 is 0. The van der Waals surface area contributed by atoms with E-state index in [1.54, 1.807) is 21.4 Å². The summed E-state index contributed by atoms with van der Waals surface area (Å²) in [7, 11) is 1.82. The van der Waals surface area contributed by atoms with Gasteiger partial charge in [-0.1, -0.05) is 0 Å². The van der Waals surface area contributed by atoms with E-state index in [1.807, 2.05) is 19.3 Å². The molecule has 0 saturated carbocycles. The van der Waals surface area contributed by atoms with Crippen LogP contribution in [0.4, 0.5) is 5.69 Å². The van der Waals surface area contributed by atoms with Crippen molar-refractivity contribution in [1.29, 1.82) is 0 Å². The zero-order chi connectivity index (χ0) is 19.4. The lowest BCUT2D eigenvalue weighted by Crippen LogP contribution is -2.41. The van der Waals surface area contributed by atoms with Crippen LogP contribution in [0.1, 0.15) is 26.5 Å². The quantitative estimate of drug-likeness (QED) is 0.610. The molecule has 3 heterocycles. The minimum atomic E-state index is -0.538. The number of amides is 2.